The molecule has 0 saturated carbocycles. The summed E-state index contributed by atoms with van der Waals surface area (Å²) in [4.78, 5) is 29.1. The molecule has 2 aliphatic rings. The molecule has 2 aromatic rings. The molecule has 0 aromatic carbocycles. The summed E-state index contributed by atoms with van der Waals surface area (Å²) in [6.45, 7) is 11.8. The minimum Gasteiger partial charge on any atom is -0.462 e. The molecule has 0 bridgehead atoms. The summed E-state index contributed by atoms with van der Waals surface area (Å²) >= 11 is 0. The van der Waals surface area contributed by atoms with Crippen LogP contribution in [0.15, 0.2) is 30.5 Å². The van der Waals surface area contributed by atoms with Crippen LogP contribution < -0.4 is 0 Å². The molecule has 0 N–H and O–H groups in total. The molecule has 0 radical (unpaired) electrons. The van der Waals surface area contributed by atoms with Crippen molar-refractivity contribution in [2.75, 3.05) is 32.8 Å². The molecule has 7 nitrogen and oxygen atoms in total. The molecule has 2 aliphatic heterocycles. The van der Waals surface area contributed by atoms with Gasteiger partial charge in [-0.2, -0.15) is 0 Å². The minimum atomic E-state index is -0.472. The molecule has 2 saturated heterocycles. The Morgan fingerprint density at radius 1 is 1.10 bits per heavy atom. The molecule has 30 heavy (non-hydrogen) atoms. The second-order valence-electron chi connectivity index (χ2n) is 9.32. The number of fused-ring (bicyclic) bond motifs is 2. The first-order chi connectivity index (χ1) is 14.2. The molecule has 162 valence electrons. The number of pyridine rings is 1. The Labute approximate surface area is 177 Å². The molecule has 7 heteroatoms. The molecular weight excluding hydrogens is 382 g/mol. The maximum atomic E-state index is 12.5. The van der Waals surface area contributed by atoms with Crippen molar-refractivity contribution in [3.8, 4) is 0 Å². The van der Waals surface area contributed by atoms with Gasteiger partial charge in [-0.05, 0) is 57.7 Å². The van der Waals surface area contributed by atoms with Gasteiger partial charge >= 0.3 is 12.1 Å². The molecule has 2 aromatic heterocycles. The van der Waals surface area contributed by atoms with E-state index in [4.69, 9.17) is 9.47 Å². The van der Waals surface area contributed by atoms with Crippen LogP contribution >= 0.6 is 0 Å². The molecule has 0 spiro atoms. The Hall–Kier alpha value is -2.54. The highest BCUT2D eigenvalue weighted by atomic mass is 16.6. The third-order valence-electron chi connectivity index (χ3n) is 5.87. The first-order valence-electron chi connectivity index (χ1n) is 10.7. The summed E-state index contributed by atoms with van der Waals surface area (Å²) in [6.07, 6.45) is 1.78. The zero-order valence-electron chi connectivity index (χ0n) is 18.3. The number of ether oxygens (including phenoxy) is 2. The lowest BCUT2D eigenvalue weighted by Crippen LogP contribution is -2.37. The van der Waals surface area contributed by atoms with Gasteiger partial charge in [-0.25, -0.2) is 9.59 Å². The van der Waals surface area contributed by atoms with E-state index in [9.17, 15) is 9.59 Å². The lowest BCUT2D eigenvalue weighted by atomic mass is 10.0. The molecule has 4 heterocycles. The van der Waals surface area contributed by atoms with Crippen LogP contribution in [0.1, 0.15) is 43.7 Å². The SMILES string of the molecule is CCOC(=O)c1cc2ccccn2c1CN1CC2CN(C(=O)OC(C)(C)C)CC2C1. The minimum absolute atomic E-state index is 0.217. The van der Waals surface area contributed by atoms with Crippen molar-refractivity contribution in [2.24, 2.45) is 11.8 Å². The zero-order chi connectivity index (χ0) is 21.5. The van der Waals surface area contributed by atoms with Crippen molar-refractivity contribution >= 4 is 17.6 Å². The van der Waals surface area contributed by atoms with Gasteiger partial charge in [0.15, 0.2) is 0 Å². The topological polar surface area (TPSA) is 63.5 Å². The molecule has 2 fully saturated rings. The van der Waals surface area contributed by atoms with Gasteiger partial charge in [0, 0.05) is 44.4 Å². The Balaban J connectivity index is 1.45. The van der Waals surface area contributed by atoms with Crippen LogP contribution in [0.25, 0.3) is 5.52 Å². The highest BCUT2D eigenvalue weighted by molar-refractivity contribution is 5.93. The molecule has 4 rings (SSSR count). The number of nitrogens with zero attached hydrogens (tertiary/aromatic N) is 3. The van der Waals surface area contributed by atoms with E-state index in [0.29, 0.717) is 30.6 Å². The van der Waals surface area contributed by atoms with Gasteiger partial charge in [0.1, 0.15) is 5.60 Å². The van der Waals surface area contributed by atoms with E-state index in [1.807, 2.05) is 63.1 Å². The number of rotatable bonds is 4. The summed E-state index contributed by atoms with van der Waals surface area (Å²) in [7, 11) is 0. The van der Waals surface area contributed by atoms with Crippen LogP contribution in [0.5, 0.6) is 0 Å². The van der Waals surface area contributed by atoms with E-state index in [1.54, 1.807) is 0 Å². The van der Waals surface area contributed by atoms with Crippen molar-refractivity contribution in [1.82, 2.24) is 14.2 Å². The van der Waals surface area contributed by atoms with Gasteiger partial charge in [0.05, 0.1) is 17.9 Å². The lowest BCUT2D eigenvalue weighted by molar-refractivity contribution is 0.0273. The first-order valence-corrected chi connectivity index (χ1v) is 10.7. The maximum Gasteiger partial charge on any atom is 0.410 e. The van der Waals surface area contributed by atoms with E-state index < -0.39 is 5.60 Å². The van der Waals surface area contributed by atoms with E-state index in [0.717, 1.165) is 37.4 Å². The molecule has 2 atom stereocenters. The highest BCUT2D eigenvalue weighted by Crippen LogP contribution is 2.33. The van der Waals surface area contributed by atoms with Crippen molar-refractivity contribution < 1.29 is 19.1 Å². The van der Waals surface area contributed by atoms with Crippen molar-refractivity contribution in [2.45, 2.75) is 39.8 Å². The standard InChI is InChI=1S/C23H31N3O4/c1-5-29-21(27)19-10-18-8-6-7-9-26(18)20(19)15-24-11-16-13-25(14-17(16)12-24)22(28)30-23(2,3)4/h6-10,16-17H,5,11-15H2,1-4H3. The van der Waals surface area contributed by atoms with Crippen LogP contribution in [0.3, 0.4) is 0 Å². The van der Waals surface area contributed by atoms with E-state index >= 15 is 0 Å². The number of likely N-dealkylation sites (tertiary alicyclic amines) is 2. The van der Waals surface area contributed by atoms with Crippen LogP contribution in [-0.4, -0.2) is 64.7 Å². The summed E-state index contributed by atoms with van der Waals surface area (Å²) in [6, 6.07) is 7.86. The predicted molar refractivity (Wildman–Crippen MR) is 113 cm³/mol. The molecule has 0 aliphatic carbocycles. The Morgan fingerprint density at radius 2 is 1.80 bits per heavy atom. The smallest absolute Gasteiger partial charge is 0.410 e. The Bertz CT molecular complexity index is 932. The number of hydrogen-bond acceptors (Lipinski definition) is 5. The zero-order valence-corrected chi connectivity index (χ0v) is 18.3. The fourth-order valence-electron chi connectivity index (χ4n) is 4.63. The van der Waals surface area contributed by atoms with Crippen molar-refractivity contribution in [3.63, 3.8) is 0 Å². The first kappa shape index (κ1) is 20.7. The van der Waals surface area contributed by atoms with E-state index in [-0.39, 0.29) is 12.1 Å². The number of carbonyl (C=O) groups is 2. The second-order valence-corrected chi connectivity index (χ2v) is 9.32. The number of hydrogen-bond donors (Lipinski definition) is 0. The monoisotopic (exact) mass is 413 g/mol. The van der Waals surface area contributed by atoms with Crippen molar-refractivity contribution in [3.05, 3.63) is 41.7 Å². The third-order valence-corrected chi connectivity index (χ3v) is 5.87. The van der Waals surface area contributed by atoms with E-state index in [1.165, 1.54) is 0 Å². The predicted octanol–water partition coefficient (Wildman–Crippen LogP) is 3.41. The van der Waals surface area contributed by atoms with Gasteiger partial charge < -0.3 is 18.8 Å². The molecule has 1 amide bonds. The average molecular weight is 414 g/mol. The van der Waals surface area contributed by atoms with Gasteiger partial charge in [-0.1, -0.05) is 6.07 Å². The van der Waals surface area contributed by atoms with Gasteiger partial charge in [0.2, 0.25) is 0 Å². The summed E-state index contributed by atoms with van der Waals surface area (Å²) < 4.78 is 12.9. The number of amides is 1. The van der Waals surface area contributed by atoms with Gasteiger partial charge in [-0.15, -0.1) is 0 Å². The Morgan fingerprint density at radius 3 is 2.43 bits per heavy atom. The quantitative estimate of drug-likeness (QED) is 0.719. The van der Waals surface area contributed by atoms with Crippen LogP contribution in [-0.2, 0) is 16.0 Å². The van der Waals surface area contributed by atoms with Crippen molar-refractivity contribution in [1.29, 1.82) is 0 Å². The third kappa shape index (κ3) is 4.17. The maximum absolute atomic E-state index is 12.5. The normalized spacial score (nSPS) is 21.8. The van der Waals surface area contributed by atoms with E-state index in [2.05, 4.69) is 9.30 Å². The lowest BCUT2D eigenvalue weighted by Gasteiger charge is -2.26. The second kappa shape index (κ2) is 7.95. The number of aromatic nitrogens is 1. The average Bonchev–Trinajstić information content (AvgIpc) is 3.32. The van der Waals surface area contributed by atoms with Gasteiger partial charge in [-0.3, -0.25) is 4.90 Å². The van der Waals surface area contributed by atoms with Crippen LogP contribution in [0.4, 0.5) is 4.79 Å². The fourth-order valence-corrected chi connectivity index (χ4v) is 4.63. The highest BCUT2D eigenvalue weighted by Gasteiger charge is 2.43. The Kier molecular flexibility index (Phi) is 5.49. The van der Waals surface area contributed by atoms with Crippen LogP contribution in [0.2, 0.25) is 0 Å². The van der Waals surface area contributed by atoms with Gasteiger partial charge in [0.25, 0.3) is 0 Å². The largest absolute Gasteiger partial charge is 0.462 e. The summed E-state index contributed by atoms with van der Waals surface area (Å²) in [5, 5.41) is 0. The molecular formula is C23H31N3O4. The fraction of sp³-hybridized carbons (Fsp3) is 0.565. The summed E-state index contributed by atoms with van der Waals surface area (Å²) in [5.41, 5.74) is 2.12. The number of carbonyl (C=O) groups excluding carboxylic acids is 2. The summed E-state index contributed by atoms with van der Waals surface area (Å²) in [5.74, 6) is 0.608. The number of esters is 1. The van der Waals surface area contributed by atoms with Crippen LogP contribution in [0, 0.1) is 11.8 Å². The molecule has 2 unspecified atom stereocenters.